The minimum atomic E-state index is -0.653. The van der Waals surface area contributed by atoms with Crippen LogP contribution in [0.25, 0.3) is 0 Å². The fourth-order valence-electron chi connectivity index (χ4n) is 3.58. The zero-order chi connectivity index (χ0) is 18.1. The van der Waals surface area contributed by atoms with Crippen LogP contribution in [0.5, 0.6) is 0 Å². The molecule has 7 nitrogen and oxygen atoms in total. The summed E-state index contributed by atoms with van der Waals surface area (Å²) in [5.41, 5.74) is 1.68. The number of piperidine rings is 1. The number of nitrogens with zero attached hydrogens (tertiary/aromatic N) is 2. The van der Waals surface area contributed by atoms with Crippen molar-refractivity contribution in [3.63, 3.8) is 0 Å². The summed E-state index contributed by atoms with van der Waals surface area (Å²) in [6.45, 7) is 1.05. The molecule has 2 aliphatic heterocycles. The van der Waals surface area contributed by atoms with E-state index in [1.807, 2.05) is 24.3 Å². The number of para-hydroxylation sites is 2. The SMILES string of the molecule is CNc1cc(C(=O)N2CCC3(CC2)Nc2ccccc2NC3=O)ccn1. The van der Waals surface area contributed by atoms with Crippen molar-refractivity contribution in [1.29, 1.82) is 0 Å². The lowest BCUT2D eigenvalue weighted by Crippen LogP contribution is -2.59. The van der Waals surface area contributed by atoms with Gasteiger partial charge < -0.3 is 20.9 Å². The second-order valence-electron chi connectivity index (χ2n) is 6.68. The molecule has 0 bridgehead atoms. The fraction of sp³-hybridized carbons (Fsp3) is 0.316. The van der Waals surface area contributed by atoms with Crippen LogP contribution in [0.1, 0.15) is 23.2 Å². The summed E-state index contributed by atoms with van der Waals surface area (Å²) >= 11 is 0. The highest BCUT2D eigenvalue weighted by molar-refractivity contribution is 6.06. The van der Waals surface area contributed by atoms with Gasteiger partial charge in [-0.15, -0.1) is 0 Å². The van der Waals surface area contributed by atoms with Crippen molar-refractivity contribution in [3.8, 4) is 0 Å². The van der Waals surface area contributed by atoms with E-state index in [0.717, 1.165) is 11.4 Å². The van der Waals surface area contributed by atoms with Gasteiger partial charge in [-0.1, -0.05) is 12.1 Å². The van der Waals surface area contributed by atoms with Gasteiger partial charge in [0.25, 0.3) is 5.91 Å². The number of likely N-dealkylation sites (tertiary alicyclic amines) is 1. The summed E-state index contributed by atoms with van der Waals surface area (Å²) in [5.74, 6) is 0.606. The molecule has 2 aromatic rings. The van der Waals surface area contributed by atoms with E-state index >= 15 is 0 Å². The van der Waals surface area contributed by atoms with E-state index in [0.29, 0.717) is 37.3 Å². The lowest BCUT2D eigenvalue weighted by atomic mass is 9.84. The smallest absolute Gasteiger partial charge is 0.254 e. The summed E-state index contributed by atoms with van der Waals surface area (Å²) in [6.07, 6.45) is 2.77. The van der Waals surface area contributed by atoms with Crippen LogP contribution in [0.4, 0.5) is 17.2 Å². The summed E-state index contributed by atoms with van der Waals surface area (Å²) in [7, 11) is 1.77. The minimum Gasteiger partial charge on any atom is -0.373 e. The Morgan fingerprint density at radius 2 is 1.92 bits per heavy atom. The lowest BCUT2D eigenvalue weighted by molar-refractivity contribution is -0.122. The van der Waals surface area contributed by atoms with E-state index in [9.17, 15) is 9.59 Å². The first-order valence-corrected chi connectivity index (χ1v) is 8.73. The summed E-state index contributed by atoms with van der Waals surface area (Å²) < 4.78 is 0. The highest BCUT2D eigenvalue weighted by Crippen LogP contribution is 2.36. The number of aromatic nitrogens is 1. The normalized spacial score (nSPS) is 17.9. The van der Waals surface area contributed by atoms with Crippen LogP contribution in [-0.4, -0.2) is 47.4 Å². The number of rotatable bonds is 2. The highest BCUT2D eigenvalue weighted by atomic mass is 16.2. The van der Waals surface area contributed by atoms with Gasteiger partial charge in [-0.25, -0.2) is 4.98 Å². The molecule has 0 aliphatic carbocycles. The Labute approximate surface area is 151 Å². The zero-order valence-corrected chi connectivity index (χ0v) is 14.6. The first-order valence-electron chi connectivity index (χ1n) is 8.73. The quantitative estimate of drug-likeness (QED) is 0.772. The van der Waals surface area contributed by atoms with Crippen LogP contribution in [0.15, 0.2) is 42.6 Å². The fourth-order valence-corrected chi connectivity index (χ4v) is 3.58. The molecule has 2 amide bonds. The molecule has 1 spiro atoms. The predicted octanol–water partition coefficient (Wildman–Crippen LogP) is 2.16. The molecule has 0 unspecified atom stereocenters. The first-order chi connectivity index (χ1) is 12.6. The molecule has 1 saturated heterocycles. The Morgan fingerprint density at radius 3 is 2.65 bits per heavy atom. The summed E-state index contributed by atoms with van der Waals surface area (Å²) in [6, 6.07) is 11.1. The van der Waals surface area contributed by atoms with Gasteiger partial charge in [0, 0.05) is 31.9 Å². The second-order valence-corrected chi connectivity index (χ2v) is 6.68. The number of carbonyl (C=O) groups is 2. The average Bonchev–Trinajstić information content (AvgIpc) is 2.69. The van der Waals surface area contributed by atoms with Gasteiger partial charge in [-0.2, -0.15) is 0 Å². The molecule has 0 atom stereocenters. The predicted molar refractivity (Wildman–Crippen MR) is 100 cm³/mol. The number of hydrogen-bond donors (Lipinski definition) is 3. The molecule has 134 valence electrons. The van der Waals surface area contributed by atoms with Crippen LogP contribution >= 0.6 is 0 Å². The molecule has 1 fully saturated rings. The number of nitrogens with one attached hydrogen (secondary N) is 3. The number of hydrogen-bond acceptors (Lipinski definition) is 5. The van der Waals surface area contributed by atoms with E-state index in [4.69, 9.17) is 0 Å². The van der Waals surface area contributed by atoms with Crippen LogP contribution < -0.4 is 16.0 Å². The molecular formula is C19H21N5O2. The Balaban J connectivity index is 1.49. The maximum atomic E-state index is 12.8. The van der Waals surface area contributed by atoms with E-state index in [1.54, 1.807) is 30.3 Å². The Morgan fingerprint density at radius 1 is 1.19 bits per heavy atom. The molecule has 3 heterocycles. The molecule has 7 heteroatoms. The third-order valence-electron chi connectivity index (χ3n) is 5.15. The van der Waals surface area contributed by atoms with Gasteiger partial charge in [0.05, 0.1) is 11.4 Å². The standard InChI is InChI=1S/C19H21N5O2/c1-20-16-12-13(6-9-21-16)17(25)24-10-7-19(8-11-24)18(26)22-14-4-2-3-5-15(14)23-19/h2-6,9,12,23H,7-8,10-11H2,1H3,(H,20,21)(H,22,26). The molecule has 26 heavy (non-hydrogen) atoms. The average molecular weight is 351 g/mol. The second kappa shape index (κ2) is 6.33. The number of carbonyl (C=O) groups excluding carboxylic acids is 2. The first kappa shape index (κ1) is 16.4. The molecular weight excluding hydrogens is 330 g/mol. The molecule has 0 radical (unpaired) electrons. The van der Waals surface area contributed by atoms with Gasteiger partial charge in [0.2, 0.25) is 5.91 Å². The van der Waals surface area contributed by atoms with Crippen molar-refractivity contribution >= 4 is 29.0 Å². The minimum absolute atomic E-state index is 0.0234. The van der Waals surface area contributed by atoms with Gasteiger partial charge in [0.1, 0.15) is 11.4 Å². The van der Waals surface area contributed by atoms with Crippen LogP contribution in [0, 0.1) is 0 Å². The molecule has 2 aliphatic rings. The third-order valence-corrected chi connectivity index (χ3v) is 5.15. The summed E-state index contributed by atoms with van der Waals surface area (Å²) in [4.78, 5) is 31.4. The Bertz CT molecular complexity index is 859. The van der Waals surface area contributed by atoms with E-state index in [-0.39, 0.29) is 11.8 Å². The number of fused-ring (bicyclic) bond motifs is 1. The number of pyridine rings is 1. The van der Waals surface area contributed by atoms with Crippen molar-refractivity contribution in [2.45, 2.75) is 18.4 Å². The maximum Gasteiger partial charge on any atom is 0.254 e. The molecule has 3 N–H and O–H groups in total. The largest absolute Gasteiger partial charge is 0.373 e. The van der Waals surface area contributed by atoms with Crippen LogP contribution in [0.2, 0.25) is 0 Å². The van der Waals surface area contributed by atoms with Crippen molar-refractivity contribution < 1.29 is 9.59 Å². The van der Waals surface area contributed by atoms with Crippen LogP contribution in [0.3, 0.4) is 0 Å². The maximum absolute atomic E-state index is 12.8. The molecule has 1 aromatic carbocycles. The van der Waals surface area contributed by atoms with Gasteiger partial charge in [-0.3, -0.25) is 9.59 Å². The monoisotopic (exact) mass is 351 g/mol. The highest BCUT2D eigenvalue weighted by Gasteiger charge is 2.45. The van der Waals surface area contributed by atoms with E-state index in [2.05, 4.69) is 20.9 Å². The van der Waals surface area contributed by atoms with Crippen molar-refractivity contribution in [3.05, 3.63) is 48.2 Å². The van der Waals surface area contributed by atoms with E-state index < -0.39 is 5.54 Å². The van der Waals surface area contributed by atoms with Gasteiger partial charge >= 0.3 is 0 Å². The third kappa shape index (κ3) is 2.75. The van der Waals surface area contributed by atoms with Crippen molar-refractivity contribution in [2.75, 3.05) is 36.1 Å². The zero-order valence-electron chi connectivity index (χ0n) is 14.6. The molecule has 0 saturated carbocycles. The Kier molecular flexibility index (Phi) is 3.99. The van der Waals surface area contributed by atoms with Crippen molar-refractivity contribution in [2.24, 2.45) is 0 Å². The number of anilines is 3. The lowest BCUT2D eigenvalue weighted by Gasteiger charge is -2.44. The van der Waals surface area contributed by atoms with Crippen LogP contribution in [-0.2, 0) is 4.79 Å². The molecule has 1 aromatic heterocycles. The van der Waals surface area contributed by atoms with Crippen molar-refractivity contribution in [1.82, 2.24) is 9.88 Å². The summed E-state index contributed by atoms with van der Waals surface area (Å²) in [5, 5.41) is 9.34. The number of amides is 2. The van der Waals surface area contributed by atoms with Gasteiger partial charge in [0.15, 0.2) is 0 Å². The molecule has 4 rings (SSSR count). The Hall–Kier alpha value is -3.09. The topological polar surface area (TPSA) is 86.4 Å². The van der Waals surface area contributed by atoms with E-state index in [1.165, 1.54) is 0 Å². The number of benzene rings is 1. The van der Waals surface area contributed by atoms with Gasteiger partial charge in [-0.05, 0) is 37.1 Å².